The minimum Gasteiger partial charge on any atom is -0.276 e. The molecule has 1 heterocycles. The molecule has 2 amide bonds. The van der Waals surface area contributed by atoms with Gasteiger partial charge in [0.1, 0.15) is 16.5 Å². The molecule has 0 radical (unpaired) electrons. The van der Waals surface area contributed by atoms with Crippen LogP contribution in [0.4, 0.5) is 0 Å². The molecule has 13 heavy (non-hydrogen) atoms. The normalized spacial score (nSPS) is 17.9. The van der Waals surface area contributed by atoms with Gasteiger partial charge in [0.25, 0.3) is 11.8 Å². The Balaban J connectivity index is 3.37. The van der Waals surface area contributed by atoms with Crippen molar-refractivity contribution in [1.29, 1.82) is 5.26 Å². The van der Waals surface area contributed by atoms with Gasteiger partial charge in [0.2, 0.25) is 0 Å². The first kappa shape index (κ1) is 9.55. The van der Waals surface area contributed by atoms with Crippen molar-refractivity contribution >= 4 is 28.9 Å². The molecule has 0 saturated carbocycles. The molecule has 0 bridgehead atoms. The summed E-state index contributed by atoms with van der Waals surface area (Å²) >= 11 is 4.77. The Morgan fingerprint density at radius 3 is 2.38 bits per heavy atom. The molecule has 4 nitrogen and oxygen atoms in total. The van der Waals surface area contributed by atoms with E-state index in [9.17, 15) is 9.59 Å². The number of thiocarbonyl (C=S) groups is 1. The molecule has 0 aliphatic carbocycles. The van der Waals surface area contributed by atoms with E-state index in [1.54, 1.807) is 6.07 Å². The number of carbonyl (C=O) groups excluding carboxylic acids is 2. The standard InChI is InChI=1S/C8H6N2O2S/c1-4-5(3-9)7(11)10(2)8(12)6(4)13/h1-2H3. The van der Waals surface area contributed by atoms with Gasteiger partial charge < -0.3 is 0 Å². The quantitative estimate of drug-likeness (QED) is 0.408. The number of amides is 2. The predicted octanol–water partition coefficient (Wildman–Crippen LogP) is 0.195. The lowest BCUT2D eigenvalue weighted by molar-refractivity contribution is -0.136. The maximum Gasteiger partial charge on any atom is 0.271 e. The first-order valence-corrected chi connectivity index (χ1v) is 3.89. The number of nitriles is 1. The van der Waals surface area contributed by atoms with E-state index in [1.165, 1.54) is 14.0 Å². The Morgan fingerprint density at radius 2 is 1.92 bits per heavy atom. The molecular formula is C8H6N2O2S. The van der Waals surface area contributed by atoms with Gasteiger partial charge in [0.05, 0.1) is 0 Å². The van der Waals surface area contributed by atoms with Crippen LogP contribution in [0.25, 0.3) is 0 Å². The van der Waals surface area contributed by atoms with Crippen molar-refractivity contribution in [3.8, 4) is 6.07 Å². The third-order valence-corrected chi connectivity index (χ3v) is 2.33. The van der Waals surface area contributed by atoms with E-state index in [4.69, 9.17) is 17.5 Å². The molecule has 0 saturated heterocycles. The Hall–Kier alpha value is -1.54. The largest absolute Gasteiger partial charge is 0.276 e. The third kappa shape index (κ3) is 1.25. The van der Waals surface area contributed by atoms with Crippen molar-refractivity contribution in [2.75, 3.05) is 7.05 Å². The molecule has 0 aromatic rings. The van der Waals surface area contributed by atoms with Crippen molar-refractivity contribution in [3.05, 3.63) is 11.1 Å². The highest BCUT2D eigenvalue weighted by Crippen LogP contribution is 2.16. The van der Waals surface area contributed by atoms with Gasteiger partial charge in [-0.3, -0.25) is 14.5 Å². The Labute approximate surface area is 80.4 Å². The lowest BCUT2D eigenvalue weighted by atomic mass is 10.0. The van der Waals surface area contributed by atoms with E-state index in [-0.39, 0.29) is 10.4 Å². The average Bonchev–Trinajstić information content (AvgIpc) is 2.13. The molecule has 1 rings (SSSR count). The maximum atomic E-state index is 11.3. The zero-order valence-electron chi connectivity index (χ0n) is 7.12. The lowest BCUT2D eigenvalue weighted by Crippen LogP contribution is -2.43. The zero-order chi connectivity index (χ0) is 10.2. The van der Waals surface area contributed by atoms with Crippen LogP contribution in [-0.2, 0) is 9.59 Å². The van der Waals surface area contributed by atoms with E-state index < -0.39 is 11.8 Å². The maximum absolute atomic E-state index is 11.3. The summed E-state index contributed by atoms with van der Waals surface area (Å²) in [4.78, 5) is 23.4. The van der Waals surface area contributed by atoms with Gasteiger partial charge in [-0.1, -0.05) is 12.2 Å². The smallest absolute Gasteiger partial charge is 0.271 e. The fourth-order valence-electron chi connectivity index (χ4n) is 0.978. The highest BCUT2D eigenvalue weighted by molar-refractivity contribution is 7.82. The molecule has 0 N–H and O–H groups in total. The highest BCUT2D eigenvalue weighted by atomic mass is 32.1. The number of hydrogen-bond donors (Lipinski definition) is 0. The van der Waals surface area contributed by atoms with Gasteiger partial charge in [-0.15, -0.1) is 0 Å². The van der Waals surface area contributed by atoms with E-state index in [0.29, 0.717) is 5.57 Å². The number of carbonyl (C=O) groups is 2. The van der Waals surface area contributed by atoms with Crippen LogP contribution in [0.1, 0.15) is 6.92 Å². The molecule has 0 unspecified atom stereocenters. The predicted molar refractivity (Wildman–Crippen MR) is 48.7 cm³/mol. The summed E-state index contributed by atoms with van der Waals surface area (Å²) in [5, 5.41) is 8.63. The Kier molecular flexibility index (Phi) is 2.26. The molecule has 1 aliphatic heterocycles. The second-order valence-electron chi connectivity index (χ2n) is 2.61. The summed E-state index contributed by atoms with van der Waals surface area (Å²) in [6.07, 6.45) is 0. The number of rotatable bonds is 0. The summed E-state index contributed by atoms with van der Waals surface area (Å²) in [6.45, 7) is 1.50. The average molecular weight is 194 g/mol. The van der Waals surface area contributed by atoms with E-state index in [2.05, 4.69) is 0 Å². The minimum absolute atomic E-state index is 0.0404. The van der Waals surface area contributed by atoms with E-state index >= 15 is 0 Å². The Morgan fingerprint density at radius 1 is 1.38 bits per heavy atom. The molecule has 0 aromatic carbocycles. The van der Waals surface area contributed by atoms with Gasteiger partial charge in [-0.2, -0.15) is 5.26 Å². The van der Waals surface area contributed by atoms with Gasteiger partial charge in [-0.05, 0) is 12.5 Å². The molecule has 0 fully saturated rings. The van der Waals surface area contributed by atoms with Crippen molar-refractivity contribution in [2.24, 2.45) is 0 Å². The summed E-state index contributed by atoms with van der Waals surface area (Å²) in [5.41, 5.74) is 0.248. The third-order valence-electron chi connectivity index (χ3n) is 1.84. The van der Waals surface area contributed by atoms with Crippen LogP contribution in [0, 0.1) is 11.3 Å². The molecule has 0 atom stereocenters. The highest BCUT2D eigenvalue weighted by Gasteiger charge is 2.32. The summed E-state index contributed by atoms with van der Waals surface area (Å²) in [7, 11) is 1.31. The van der Waals surface area contributed by atoms with Crippen molar-refractivity contribution < 1.29 is 9.59 Å². The second-order valence-corrected chi connectivity index (χ2v) is 3.02. The van der Waals surface area contributed by atoms with Crippen molar-refractivity contribution in [2.45, 2.75) is 6.92 Å². The van der Waals surface area contributed by atoms with E-state index in [1.807, 2.05) is 0 Å². The van der Waals surface area contributed by atoms with Crippen LogP contribution >= 0.6 is 12.2 Å². The molecule has 0 aromatic heterocycles. The number of likely N-dealkylation sites (N-methyl/N-ethyl adjacent to an activating group) is 1. The van der Waals surface area contributed by atoms with Crippen molar-refractivity contribution in [3.63, 3.8) is 0 Å². The number of imide groups is 1. The van der Waals surface area contributed by atoms with Crippen molar-refractivity contribution in [1.82, 2.24) is 4.90 Å². The Bertz CT molecular complexity index is 389. The zero-order valence-corrected chi connectivity index (χ0v) is 7.94. The lowest BCUT2D eigenvalue weighted by Gasteiger charge is -2.21. The number of nitrogens with zero attached hydrogens (tertiary/aromatic N) is 2. The van der Waals surface area contributed by atoms with Gasteiger partial charge in [-0.25, -0.2) is 0 Å². The summed E-state index contributed by atoms with van der Waals surface area (Å²) in [6, 6.07) is 1.73. The molecule has 66 valence electrons. The first-order chi connectivity index (χ1) is 6.00. The molecule has 0 spiro atoms. The molecular weight excluding hydrogens is 188 g/mol. The van der Waals surface area contributed by atoms with Gasteiger partial charge in [0.15, 0.2) is 0 Å². The summed E-state index contributed by atoms with van der Waals surface area (Å²) < 4.78 is 0. The van der Waals surface area contributed by atoms with Crippen LogP contribution in [0.3, 0.4) is 0 Å². The fraction of sp³-hybridized carbons (Fsp3) is 0.250. The van der Waals surface area contributed by atoms with Crippen LogP contribution in [-0.4, -0.2) is 28.6 Å². The SMILES string of the molecule is CC1=C(C#N)C(=O)N(C)C(=O)C1=S. The topological polar surface area (TPSA) is 61.2 Å². The fourth-order valence-corrected chi connectivity index (χ4v) is 1.22. The summed E-state index contributed by atoms with van der Waals surface area (Å²) in [5.74, 6) is -1.10. The van der Waals surface area contributed by atoms with Crippen LogP contribution in [0.2, 0.25) is 0 Å². The number of hydrogen-bond acceptors (Lipinski definition) is 4. The molecule has 1 aliphatic rings. The monoisotopic (exact) mass is 194 g/mol. The second kappa shape index (κ2) is 3.07. The van der Waals surface area contributed by atoms with Crippen LogP contribution in [0.15, 0.2) is 11.1 Å². The van der Waals surface area contributed by atoms with E-state index in [0.717, 1.165) is 4.90 Å². The first-order valence-electron chi connectivity index (χ1n) is 3.48. The minimum atomic E-state index is -0.585. The van der Waals surface area contributed by atoms with Crippen LogP contribution < -0.4 is 0 Å². The van der Waals surface area contributed by atoms with Crippen LogP contribution in [0.5, 0.6) is 0 Å². The van der Waals surface area contributed by atoms with Gasteiger partial charge >= 0.3 is 0 Å². The molecule has 5 heteroatoms. The van der Waals surface area contributed by atoms with Gasteiger partial charge in [0, 0.05) is 7.05 Å².